The molecule has 32 heavy (non-hydrogen) atoms. The van der Waals surface area contributed by atoms with Gasteiger partial charge in [-0.1, -0.05) is 35.5 Å². The molecule has 0 saturated heterocycles. The molecule has 0 aliphatic heterocycles. The standard InChI is InChI=1S/C23H22N2O7/c1-3-30-23(28)20-19(24)21(32-25-20)15-9-4-7-14(13-15)8-6-12-31-17-11-5-10-16(26)18(17)22(27)29-2/h4-11,13,26H,3,12,24H2,1-2H3/b8-6+. The zero-order chi connectivity index (χ0) is 23.1. The number of benzene rings is 2. The van der Waals surface area contributed by atoms with Gasteiger partial charge in [0.25, 0.3) is 0 Å². The first-order chi connectivity index (χ1) is 15.5. The highest BCUT2D eigenvalue weighted by atomic mass is 16.5. The Morgan fingerprint density at radius 1 is 1.19 bits per heavy atom. The minimum absolute atomic E-state index is 0.0383. The number of rotatable bonds is 8. The Morgan fingerprint density at radius 2 is 1.97 bits per heavy atom. The molecule has 0 saturated carbocycles. The summed E-state index contributed by atoms with van der Waals surface area (Å²) in [6.07, 6.45) is 3.53. The van der Waals surface area contributed by atoms with E-state index in [1.165, 1.54) is 13.2 Å². The Labute approximate surface area is 184 Å². The van der Waals surface area contributed by atoms with Crippen molar-refractivity contribution < 1.29 is 33.4 Å². The first kappa shape index (κ1) is 22.4. The third kappa shape index (κ3) is 4.89. The third-order valence-corrected chi connectivity index (χ3v) is 4.38. The van der Waals surface area contributed by atoms with Crippen LogP contribution in [0.1, 0.15) is 33.3 Å². The van der Waals surface area contributed by atoms with Crippen molar-refractivity contribution in [3.63, 3.8) is 0 Å². The lowest BCUT2D eigenvalue weighted by molar-refractivity contribution is 0.0514. The van der Waals surface area contributed by atoms with E-state index in [-0.39, 0.29) is 47.4 Å². The van der Waals surface area contributed by atoms with Crippen LogP contribution >= 0.6 is 0 Å². The van der Waals surface area contributed by atoms with Crippen molar-refractivity contribution in [2.75, 3.05) is 26.1 Å². The summed E-state index contributed by atoms with van der Waals surface area (Å²) in [7, 11) is 1.22. The maximum Gasteiger partial charge on any atom is 0.362 e. The Balaban J connectivity index is 1.72. The van der Waals surface area contributed by atoms with Crippen LogP contribution in [0.4, 0.5) is 5.69 Å². The molecule has 0 radical (unpaired) electrons. The fraction of sp³-hybridized carbons (Fsp3) is 0.174. The van der Waals surface area contributed by atoms with Gasteiger partial charge in [0.1, 0.15) is 29.4 Å². The number of hydrogen-bond acceptors (Lipinski definition) is 9. The normalized spacial score (nSPS) is 10.8. The number of ether oxygens (including phenoxy) is 3. The predicted molar refractivity (Wildman–Crippen MR) is 116 cm³/mol. The Hall–Kier alpha value is -4.27. The lowest BCUT2D eigenvalue weighted by Crippen LogP contribution is -2.07. The fourth-order valence-corrected chi connectivity index (χ4v) is 2.90. The molecule has 2 aromatic carbocycles. The van der Waals surface area contributed by atoms with E-state index in [1.807, 2.05) is 6.07 Å². The number of carbonyl (C=O) groups is 2. The summed E-state index contributed by atoms with van der Waals surface area (Å²) < 4.78 is 20.4. The molecule has 0 aliphatic rings. The van der Waals surface area contributed by atoms with Crippen molar-refractivity contribution in [1.82, 2.24) is 5.16 Å². The largest absolute Gasteiger partial charge is 0.507 e. The summed E-state index contributed by atoms with van der Waals surface area (Å²) in [4.78, 5) is 23.7. The molecule has 0 fully saturated rings. The molecule has 0 amide bonds. The maximum atomic E-state index is 11.9. The average molecular weight is 438 g/mol. The van der Waals surface area contributed by atoms with E-state index in [2.05, 4.69) is 9.89 Å². The van der Waals surface area contributed by atoms with Crippen LogP contribution in [0.3, 0.4) is 0 Å². The zero-order valence-electron chi connectivity index (χ0n) is 17.5. The molecule has 0 atom stereocenters. The van der Waals surface area contributed by atoms with E-state index in [1.54, 1.807) is 49.4 Å². The quantitative estimate of drug-likeness (QED) is 0.505. The highest BCUT2D eigenvalue weighted by molar-refractivity contribution is 5.96. The number of nitrogens with zero attached hydrogens (tertiary/aromatic N) is 1. The first-order valence-electron chi connectivity index (χ1n) is 9.68. The molecular weight excluding hydrogens is 416 g/mol. The maximum absolute atomic E-state index is 11.9. The number of phenols is 1. The number of nitrogens with two attached hydrogens (primary N) is 1. The van der Waals surface area contributed by atoms with Gasteiger partial charge in [-0.05, 0) is 36.8 Å². The van der Waals surface area contributed by atoms with Crippen molar-refractivity contribution in [2.45, 2.75) is 6.92 Å². The second kappa shape index (κ2) is 10.2. The van der Waals surface area contributed by atoms with E-state index >= 15 is 0 Å². The van der Waals surface area contributed by atoms with Crippen LogP contribution in [0.5, 0.6) is 11.5 Å². The Bertz CT molecular complexity index is 1150. The number of anilines is 1. The number of phenolic OH excluding ortho intramolecular Hbond substituents is 1. The highest BCUT2D eigenvalue weighted by Gasteiger charge is 2.22. The van der Waals surface area contributed by atoms with E-state index in [0.717, 1.165) is 5.56 Å². The molecule has 0 unspecified atom stereocenters. The van der Waals surface area contributed by atoms with Gasteiger partial charge in [-0.25, -0.2) is 9.59 Å². The smallest absolute Gasteiger partial charge is 0.362 e. The summed E-state index contributed by atoms with van der Waals surface area (Å²) in [6, 6.07) is 11.7. The van der Waals surface area contributed by atoms with Gasteiger partial charge in [0.15, 0.2) is 5.76 Å². The van der Waals surface area contributed by atoms with Crippen LogP contribution < -0.4 is 10.5 Å². The van der Waals surface area contributed by atoms with Crippen LogP contribution in [-0.2, 0) is 9.47 Å². The molecule has 9 nitrogen and oxygen atoms in total. The van der Waals surface area contributed by atoms with Gasteiger partial charge in [-0.3, -0.25) is 0 Å². The van der Waals surface area contributed by atoms with E-state index in [4.69, 9.17) is 19.7 Å². The number of hydrogen-bond donors (Lipinski definition) is 2. The van der Waals surface area contributed by atoms with Crippen LogP contribution in [0, 0.1) is 0 Å². The third-order valence-electron chi connectivity index (χ3n) is 4.38. The monoisotopic (exact) mass is 438 g/mol. The van der Waals surface area contributed by atoms with E-state index in [0.29, 0.717) is 5.56 Å². The SMILES string of the molecule is CCOC(=O)c1noc(-c2cccc(/C=C/COc3cccc(O)c3C(=O)OC)c2)c1N. The number of methoxy groups -OCH3 is 1. The lowest BCUT2D eigenvalue weighted by Gasteiger charge is -2.09. The molecule has 3 N–H and O–H groups in total. The van der Waals surface area contributed by atoms with Crippen LogP contribution in [0.15, 0.2) is 53.1 Å². The van der Waals surface area contributed by atoms with Gasteiger partial charge in [0.05, 0.1) is 13.7 Å². The van der Waals surface area contributed by atoms with Gasteiger partial charge in [0.2, 0.25) is 5.69 Å². The van der Waals surface area contributed by atoms with Crippen LogP contribution in [0.2, 0.25) is 0 Å². The summed E-state index contributed by atoms with van der Waals surface area (Å²) in [5.74, 6) is -1.09. The van der Waals surface area contributed by atoms with Gasteiger partial charge in [0, 0.05) is 5.56 Å². The highest BCUT2D eigenvalue weighted by Crippen LogP contribution is 2.30. The Morgan fingerprint density at radius 3 is 2.72 bits per heavy atom. The molecule has 3 aromatic rings. The summed E-state index contributed by atoms with van der Waals surface area (Å²) in [5, 5.41) is 13.6. The van der Waals surface area contributed by atoms with Crippen molar-refractivity contribution in [1.29, 1.82) is 0 Å². The molecule has 0 spiro atoms. The summed E-state index contributed by atoms with van der Waals surface area (Å²) in [6.45, 7) is 2.02. The van der Waals surface area contributed by atoms with Crippen molar-refractivity contribution in [3.8, 4) is 22.8 Å². The van der Waals surface area contributed by atoms with Crippen molar-refractivity contribution in [2.24, 2.45) is 0 Å². The second-order valence-corrected chi connectivity index (χ2v) is 6.48. The Kier molecular flexibility index (Phi) is 7.12. The van der Waals surface area contributed by atoms with Gasteiger partial charge in [-0.2, -0.15) is 0 Å². The second-order valence-electron chi connectivity index (χ2n) is 6.48. The molecule has 0 aliphatic carbocycles. The molecule has 3 rings (SSSR count). The molecular formula is C23H22N2O7. The first-order valence-corrected chi connectivity index (χ1v) is 9.68. The zero-order valence-corrected chi connectivity index (χ0v) is 17.5. The summed E-state index contributed by atoms with van der Waals surface area (Å²) >= 11 is 0. The van der Waals surface area contributed by atoms with Gasteiger partial charge >= 0.3 is 11.9 Å². The minimum atomic E-state index is -0.693. The number of aromatic nitrogens is 1. The van der Waals surface area contributed by atoms with Crippen molar-refractivity contribution >= 4 is 23.7 Å². The van der Waals surface area contributed by atoms with Crippen LogP contribution in [-0.4, -0.2) is 42.5 Å². The predicted octanol–water partition coefficient (Wildman–Crippen LogP) is 3.68. The molecule has 0 bridgehead atoms. The topological polar surface area (TPSA) is 134 Å². The van der Waals surface area contributed by atoms with E-state index in [9.17, 15) is 14.7 Å². The van der Waals surface area contributed by atoms with Gasteiger partial charge < -0.3 is 29.6 Å². The summed E-state index contributed by atoms with van der Waals surface area (Å²) in [5.41, 5.74) is 7.45. The minimum Gasteiger partial charge on any atom is -0.507 e. The number of esters is 2. The average Bonchev–Trinajstić information content (AvgIpc) is 3.18. The van der Waals surface area contributed by atoms with Crippen LogP contribution in [0.25, 0.3) is 17.4 Å². The van der Waals surface area contributed by atoms with E-state index < -0.39 is 11.9 Å². The van der Waals surface area contributed by atoms with Gasteiger partial charge in [-0.15, -0.1) is 0 Å². The number of aromatic hydroxyl groups is 1. The lowest BCUT2D eigenvalue weighted by atomic mass is 10.1. The molecule has 166 valence electrons. The molecule has 1 aromatic heterocycles. The number of nitrogen functional groups attached to an aromatic ring is 1. The van der Waals surface area contributed by atoms with Crippen molar-refractivity contribution in [3.05, 3.63) is 65.4 Å². The number of carbonyl (C=O) groups excluding carboxylic acids is 2. The fourth-order valence-electron chi connectivity index (χ4n) is 2.90. The molecule has 9 heteroatoms. The molecule has 1 heterocycles.